The van der Waals surface area contributed by atoms with E-state index >= 15 is 0 Å². The average Bonchev–Trinajstić information content (AvgIpc) is 3.73. The Morgan fingerprint density at radius 3 is 2.64 bits per heavy atom. The average molecular weight is 676 g/mol. The molecule has 4 aromatic heterocycles. The lowest BCUT2D eigenvalue weighted by Crippen LogP contribution is -2.36. The second-order valence-corrected chi connectivity index (χ2v) is 11.9. The highest BCUT2D eigenvalue weighted by atomic mass is 31.2. The number of H-pyrrole nitrogens is 2. The van der Waals surface area contributed by atoms with Gasteiger partial charge in [-0.2, -0.15) is 14.6 Å². The highest BCUT2D eigenvalue weighted by Gasteiger charge is 2.53. The Morgan fingerprint density at radius 2 is 1.91 bits per heavy atom. The van der Waals surface area contributed by atoms with Gasteiger partial charge in [0.25, 0.3) is 5.56 Å². The van der Waals surface area contributed by atoms with Crippen molar-refractivity contribution in [3.8, 4) is 0 Å². The van der Waals surface area contributed by atoms with Gasteiger partial charge in [-0.25, -0.2) is 19.3 Å². The number of aliphatic hydroxyl groups is 3. The number of aromatic amines is 2. The van der Waals surface area contributed by atoms with Crippen LogP contribution in [0.3, 0.4) is 0 Å². The zero-order valence-corrected chi connectivity index (χ0v) is 24.1. The Hall–Kier alpha value is -3.57. The molecule has 6 rings (SSSR count). The molecule has 23 nitrogen and oxygen atoms in total. The lowest BCUT2D eigenvalue weighted by molar-refractivity contribution is -0.0544. The van der Waals surface area contributed by atoms with Gasteiger partial charge in [-0.15, -0.1) is 9.42 Å². The lowest BCUT2D eigenvalue weighted by atomic mass is 10.0. The van der Waals surface area contributed by atoms with E-state index in [4.69, 9.17) is 28.8 Å². The number of hydrogen-bond donors (Lipinski definition) is 8. The number of nitrogens with one attached hydrogen (secondary N) is 2. The molecule has 0 saturated carbocycles. The van der Waals surface area contributed by atoms with Crippen LogP contribution in [0.25, 0.3) is 16.8 Å². The van der Waals surface area contributed by atoms with Crippen molar-refractivity contribution in [2.24, 2.45) is 0 Å². The molecule has 2 aliphatic rings. The molecule has 9 N–H and O–H groups in total. The first kappa shape index (κ1) is 31.4. The van der Waals surface area contributed by atoms with E-state index < -0.39 is 89.5 Å². The fraction of sp³-hybridized carbons (Fsp3) is 0.500. The first-order chi connectivity index (χ1) is 21.4. The fourth-order valence-electron chi connectivity index (χ4n) is 5.09. The zero-order chi connectivity index (χ0) is 32.2. The Morgan fingerprint density at radius 1 is 1.13 bits per heavy atom. The molecular formula is C20H24N9O14P2+. The molecule has 10 atom stereocenters. The number of hydrogen-bond acceptors (Lipinski definition) is 17. The van der Waals surface area contributed by atoms with Crippen LogP contribution in [0.4, 0.5) is 5.95 Å². The standard InChI is InChI=1S/C20H23N9O14P2/c21-19-26-16-9(17(33)27-19)24-5-28(16)18-14(10(31)7(2-30)41-18)43-45(37,38)39-3-8-13(42-44(35)36)11(32)12(40-8)6-1-25-29-15(6)22-4-23-20(29)34/h1,4-5,7-8,10-14,18,30-32H,2-3H2,(H5-,21,22,23,25,26,27,33,34,35,36,37,38)/p+1/t7-,8-,10+,11?,12+,13+,14?,18-/m1/s1. The maximum Gasteiger partial charge on any atom is 0.695 e. The highest BCUT2D eigenvalue weighted by Crippen LogP contribution is 2.50. The number of aromatic nitrogens is 8. The van der Waals surface area contributed by atoms with Crippen molar-refractivity contribution < 1.29 is 57.3 Å². The maximum absolute atomic E-state index is 13.1. The van der Waals surface area contributed by atoms with Gasteiger partial charge in [-0.05, 0) is 0 Å². The summed E-state index contributed by atoms with van der Waals surface area (Å²) in [6, 6.07) is 0. The van der Waals surface area contributed by atoms with Crippen LogP contribution < -0.4 is 17.0 Å². The Labute approximate surface area is 248 Å². The molecule has 2 fully saturated rings. The SMILES string of the molecule is Nc1nc2c(ncn2[C@@H]2O[C@H](CO)[C@H](O)C2OP(=O)(O)OC[C@H]2O[C@@H](c3cnn4c(=O)[nH]cnc34)C(O)[C@H]2O[P+](=O)O)c(=O)[nH]1. The summed E-state index contributed by atoms with van der Waals surface area (Å²) in [5.41, 5.74) is 4.03. The molecule has 2 saturated heterocycles. The lowest BCUT2D eigenvalue weighted by Gasteiger charge is -2.24. The molecule has 242 valence electrons. The molecule has 4 unspecified atom stereocenters. The fourth-order valence-corrected chi connectivity index (χ4v) is 6.50. The number of phosphoric acid groups is 1. The van der Waals surface area contributed by atoms with Crippen molar-refractivity contribution in [1.29, 1.82) is 0 Å². The Bertz CT molecular complexity index is 1910. The number of fused-ring (bicyclic) bond motifs is 2. The molecule has 6 heterocycles. The van der Waals surface area contributed by atoms with E-state index in [0.717, 1.165) is 21.7 Å². The van der Waals surface area contributed by atoms with E-state index in [1.165, 1.54) is 6.20 Å². The topological polar surface area (TPSA) is 334 Å². The van der Waals surface area contributed by atoms with Gasteiger partial charge in [0, 0.05) is 10.1 Å². The molecule has 2 aliphatic heterocycles. The van der Waals surface area contributed by atoms with Crippen LogP contribution >= 0.6 is 16.1 Å². The number of nitrogen functional groups attached to an aromatic ring is 1. The first-order valence-corrected chi connectivity index (χ1v) is 15.4. The predicted molar refractivity (Wildman–Crippen MR) is 142 cm³/mol. The van der Waals surface area contributed by atoms with Crippen molar-refractivity contribution in [2.45, 2.75) is 49.0 Å². The Balaban J connectivity index is 1.23. The normalized spacial score (nSPS) is 30.3. The van der Waals surface area contributed by atoms with Gasteiger partial charge in [-0.1, -0.05) is 0 Å². The Kier molecular flexibility index (Phi) is 8.36. The summed E-state index contributed by atoms with van der Waals surface area (Å²) in [7, 11) is -8.50. The number of phosphoric ester groups is 1. The summed E-state index contributed by atoms with van der Waals surface area (Å²) in [6.45, 7) is -1.61. The summed E-state index contributed by atoms with van der Waals surface area (Å²) >= 11 is 0. The number of aliphatic hydroxyl groups excluding tert-OH is 3. The van der Waals surface area contributed by atoms with Gasteiger partial charge >= 0.3 is 21.8 Å². The second-order valence-electron chi connectivity index (χ2n) is 9.78. The maximum atomic E-state index is 13.1. The van der Waals surface area contributed by atoms with Gasteiger partial charge in [0.1, 0.15) is 36.6 Å². The number of nitrogens with two attached hydrogens (primary N) is 1. The largest absolute Gasteiger partial charge is 0.695 e. The molecule has 0 aliphatic carbocycles. The van der Waals surface area contributed by atoms with Crippen LogP contribution in [0.2, 0.25) is 0 Å². The van der Waals surface area contributed by atoms with Crippen molar-refractivity contribution in [1.82, 2.24) is 39.1 Å². The predicted octanol–water partition coefficient (Wildman–Crippen LogP) is -3.28. The van der Waals surface area contributed by atoms with E-state index in [-0.39, 0.29) is 28.3 Å². The smallest absolute Gasteiger partial charge is 0.394 e. The number of ether oxygens (including phenoxy) is 2. The minimum absolute atomic E-state index is 0.0161. The molecule has 0 bridgehead atoms. The minimum Gasteiger partial charge on any atom is -0.394 e. The summed E-state index contributed by atoms with van der Waals surface area (Å²) < 4.78 is 53.2. The third-order valence-electron chi connectivity index (χ3n) is 7.07. The zero-order valence-electron chi connectivity index (χ0n) is 22.3. The molecule has 0 amide bonds. The van der Waals surface area contributed by atoms with Gasteiger partial charge in [0.2, 0.25) is 5.95 Å². The number of nitrogens with zero attached hydrogens (tertiary/aromatic N) is 6. The quantitative estimate of drug-likeness (QED) is 0.0763. The van der Waals surface area contributed by atoms with Gasteiger partial charge < -0.3 is 35.4 Å². The monoisotopic (exact) mass is 676 g/mol. The second kappa shape index (κ2) is 12.0. The number of anilines is 1. The minimum atomic E-state index is -5.19. The van der Waals surface area contributed by atoms with Gasteiger partial charge in [0.05, 0.1) is 32.1 Å². The molecule has 45 heavy (non-hydrogen) atoms. The van der Waals surface area contributed by atoms with Crippen LogP contribution in [0.15, 0.2) is 28.4 Å². The highest BCUT2D eigenvalue weighted by molar-refractivity contribution is 7.47. The van der Waals surface area contributed by atoms with Gasteiger partial charge in [-0.3, -0.25) is 28.4 Å². The third-order valence-corrected chi connectivity index (χ3v) is 8.47. The first-order valence-electron chi connectivity index (χ1n) is 12.8. The van der Waals surface area contributed by atoms with Crippen molar-refractivity contribution in [3.05, 3.63) is 45.3 Å². The summed E-state index contributed by atoms with van der Waals surface area (Å²) in [5, 5.41) is 35.2. The summed E-state index contributed by atoms with van der Waals surface area (Å²) in [4.78, 5) is 60.7. The summed E-state index contributed by atoms with van der Waals surface area (Å²) in [5.74, 6) is -0.287. The van der Waals surface area contributed by atoms with Crippen molar-refractivity contribution in [2.75, 3.05) is 18.9 Å². The summed E-state index contributed by atoms with van der Waals surface area (Å²) in [6.07, 6.45) is -8.99. The van der Waals surface area contributed by atoms with Crippen LogP contribution in [-0.4, -0.2) is 114 Å². The number of rotatable bonds is 10. The molecule has 0 radical (unpaired) electrons. The van der Waals surface area contributed by atoms with Crippen molar-refractivity contribution >= 4 is 38.8 Å². The van der Waals surface area contributed by atoms with Crippen LogP contribution in [0.5, 0.6) is 0 Å². The van der Waals surface area contributed by atoms with Gasteiger partial charge in [0.15, 0.2) is 29.1 Å². The molecule has 25 heteroatoms. The van der Waals surface area contributed by atoms with E-state index in [2.05, 4.69) is 30.0 Å². The molecule has 4 aromatic rings. The molecule has 0 spiro atoms. The molecule has 0 aromatic carbocycles. The van der Waals surface area contributed by atoms with Crippen LogP contribution in [0.1, 0.15) is 17.9 Å². The van der Waals surface area contributed by atoms with E-state index in [1.54, 1.807) is 0 Å². The molecular weight excluding hydrogens is 652 g/mol. The van der Waals surface area contributed by atoms with Crippen LogP contribution in [0, 0.1) is 0 Å². The van der Waals surface area contributed by atoms with E-state index in [0.29, 0.717) is 0 Å². The third kappa shape index (κ3) is 5.80. The van der Waals surface area contributed by atoms with E-state index in [9.17, 15) is 43.8 Å². The van der Waals surface area contributed by atoms with Crippen LogP contribution in [-0.2, 0) is 32.2 Å². The van der Waals surface area contributed by atoms with E-state index in [1.807, 2.05) is 0 Å². The number of imidazole rings is 1. The van der Waals surface area contributed by atoms with Crippen molar-refractivity contribution in [3.63, 3.8) is 0 Å².